The van der Waals surface area contributed by atoms with Crippen LogP contribution in [0.4, 0.5) is 0 Å². The summed E-state index contributed by atoms with van der Waals surface area (Å²) in [5.74, 6) is -1.04. The summed E-state index contributed by atoms with van der Waals surface area (Å²) < 4.78 is 0. The highest BCUT2D eigenvalue weighted by molar-refractivity contribution is 5.94. The van der Waals surface area contributed by atoms with Crippen LogP contribution in [0.1, 0.15) is 42.5 Å². The summed E-state index contributed by atoms with van der Waals surface area (Å²) >= 11 is 0. The van der Waals surface area contributed by atoms with E-state index >= 15 is 0 Å². The second kappa shape index (κ2) is 6.36. The Morgan fingerprint density at radius 3 is 2.90 bits per heavy atom. The number of amides is 1. The SMILES string of the molecule is O=C(O)CCC1CCCCN1C(=O)c1cc[nH]c(=O)c1. The Morgan fingerprint density at radius 1 is 1.40 bits per heavy atom. The van der Waals surface area contributed by atoms with Gasteiger partial charge in [-0.1, -0.05) is 0 Å². The van der Waals surface area contributed by atoms with Crippen molar-refractivity contribution in [3.05, 3.63) is 34.2 Å². The van der Waals surface area contributed by atoms with Crippen molar-refractivity contribution >= 4 is 11.9 Å². The first-order valence-electron chi connectivity index (χ1n) is 6.79. The summed E-state index contributed by atoms with van der Waals surface area (Å²) in [6, 6.07) is 2.81. The number of aliphatic carboxylic acids is 1. The molecule has 1 atom stereocenters. The van der Waals surface area contributed by atoms with E-state index < -0.39 is 5.97 Å². The maximum atomic E-state index is 12.4. The number of nitrogens with zero attached hydrogens (tertiary/aromatic N) is 1. The van der Waals surface area contributed by atoms with Crippen LogP contribution in [0.3, 0.4) is 0 Å². The number of hydrogen-bond acceptors (Lipinski definition) is 3. The molecule has 0 spiro atoms. The molecule has 1 aromatic heterocycles. The molecule has 1 fully saturated rings. The Balaban J connectivity index is 2.12. The third kappa shape index (κ3) is 3.46. The number of aromatic nitrogens is 1. The molecule has 1 aromatic rings. The zero-order valence-electron chi connectivity index (χ0n) is 11.2. The smallest absolute Gasteiger partial charge is 0.303 e. The fourth-order valence-corrected chi connectivity index (χ4v) is 2.60. The number of pyridine rings is 1. The molecule has 1 aliphatic rings. The van der Waals surface area contributed by atoms with Gasteiger partial charge < -0.3 is 15.0 Å². The first-order valence-corrected chi connectivity index (χ1v) is 6.79. The molecular weight excluding hydrogens is 260 g/mol. The number of carboxylic acids is 1. The fraction of sp³-hybridized carbons (Fsp3) is 0.500. The number of carbonyl (C=O) groups excluding carboxylic acids is 1. The van der Waals surface area contributed by atoms with Crippen LogP contribution in [-0.4, -0.2) is 39.5 Å². The topological polar surface area (TPSA) is 90.5 Å². The predicted octanol–water partition coefficient (Wildman–Crippen LogP) is 1.23. The van der Waals surface area contributed by atoms with E-state index in [2.05, 4.69) is 4.98 Å². The lowest BCUT2D eigenvalue weighted by atomic mass is 9.97. The van der Waals surface area contributed by atoms with Gasteiger partial charge in [0.15, 0.2) is 0 Å². The maximum absolute atomic E-state index is 12.4. The van der Waals surface area contributed by atoms with Gasteiger partial charge in [-0.25, -0.2) is 0 Å². The number of H-pyrrole nitrogens is 1. The normalized spacial score (nSPS) is 18.8. The van der Waals surface area contributed by atoms with Crippen molar-refractivity contribution < 1.29 is 14.7 Å². The third-order valence-corrected chi connectivity index (χ3v) is 3.60. The van der Waals surface area contributed by atoms with Gasteiger partial charge in [0.1, 0.15) is 0 Å². The molecule has 2 rings (SSSR count). The lowest BCUT2D eigenvalue weighted by molar-refractivity contribution is -0.137. The molecule has 0 aromatic carbocycles. The van der Waals surface area contributed by atoms with E-state index in [0.717, 1.165) is 19.3 Å². The molecule has 2 heterocycles. The molecular formula is C14H18N2O4. The van der Waals surface area contributed by atoms with Crippen molar-refractivity contribution in [2.24, 2.45) is 0 Å². The Morgan fingerprint density at radius 2 is 2.20 bits per heavy atom. The van der Waals surface area contributed by atoms with Crippen LogP contribution in [0.2, 0.25) is 0 Å². The molecule has 2 N–H and O–H groups in total. The first kappa shape index (κ1) is 14.3. The number of hydrogen-bond donors (Lipinski definition) is 2. The largest absolute Gasteiger partial charge is 0.481 e. The van der Waals surface area contributed by atoms with Crippen molar-refractivity contribution in [2.45, 2.75) is 38.1 Å². The molecule has 108 valence electrons. The minimum atomic E-state index is -0.848. The summed E-state index contributed by atoms with van der Waals surface area (Å²) in [7, 11) is 0. The van der Waals surface area contributed by atoms with Gasteiger partial charge in [-0.3, -0.25) is 14.4 Å². The van der Waals surface area contributed by atoms with E-state index in [0.29, 0.717) is 18.5 Å². The Hall–Kier alpha value is -2.11. The predicted molar refractivity (Wildman–Crippen MR) is 72.6 cm³/mol. The van der Waals surface area contributed by atoms with Gasteiger partial charge in [0.05, 0.1) is 0 Å². The molecule has 1 unspecified atom stereocenters. The van der Waals surface area contributed by atoms with Gasteiger partial charge in [0.25, 0.3) is 5.91 Å². The second-order valence-corrected chi connectivity index (χ2v) is 5.02. The quantitative estimate of drug-likeness (QED) is 0.866. The zero-order chi connectivity index (χ0) is 14.5. The molecule has 1 amide bonds. The van der Waals surface area contributed by atoms with Crippen LogP contribution < -0.4 is 5.56 Å². The number of carboxylic acid groups (broad SMARTS) is 1. The molecule has 0 radical (unpaired) electrons. The van der Waals surface area contributed by atoms with Crippen LogP contribution in [-0.2, 0) is 4.79 Å². The number of aromatic amines is 1. The van der Waals surface area contributed by atoms with Gasteiger partial charge in [0, 0.05) is 36.8 Å². The molecule has 0 bridgehead atoms. The highest BCUT2D eigenvalue weighted by Crippen LogP contribution is 2.22. The standard InChI is InChI=1S/C14H18N2O4/c17-12-9-10(6-7-15-12)14(20)16-8-2-1-3-11(16)4-5-13(18)19/h6-7,9,11H,1-5,8H2,(H,15,17)(H,18,19). The zero-order valence-corrected chi connectivity index (χ0v) is 11.2. The van der Waals surface area contributed by atoms with Gasteiger partial charge in [-0.05, 0) is 31.7 Å². The van der Waals surface area contributed by atoms with Crippen LogP contribution in [0.15, 0.2) is 23.1 Å². The van der Waals surface area contributed by atoms with Crippen molar-refractivity contribution in [3.8, 4) is 0 Å². The van der Waals surface area contributed by atoms with Crippen LogP contribution in [0, 0.1) is 0 Å². The van der Waals surface area contributed by atoms with Crippen molar-refractivity contribution in [2.75, 3.05) is 6.54 Å². The Kier molecular flexibility index (Phi) is 4.55. The van der Waals surface area contributed by atoms with Gasteiger partial charge in [0.2, 0.25) is 5.56 Å². The van der Waals surface area contributed by atoms with E-state index in [1.54, 1.807) is 11.0 Å². The highest BCUT2D eigenvalue weighted by atomic mass is 16.4. The maximum Gasteiger partial charge on any atom is 0.303 e. The Bertz CT molecular complexity index is 552. The summed E-state index contributed by atoms with van der Waals surface area (Å²) in [6.07, 6.45) is 4.71. The average Bonchev–Trinajstić information content (AvgIpc) is 2.44. The number of likely N-dealkylation sites (tertiary alicyclic amines) is 1. The summed E-state index contributed by atoms with van der Waals surface area (Å²) in [5, 5.41) is 8.77. The lowest BCUT2D eigenvalue weighted by Crippen LogP contribution is -2.44. The monoisotopic (exact) mass is 278 g/mol. The summed E-state index contributed by atoms with van der Waals surface area (Å²) in [4.78, 5) is 38.6. The van der Waals surface area contributed by atoms with Gasteiger partial charge in [-0.15, -0.1) is 0 Å². The van der Waals surface area contributed by atoms with Crippen LogP contribution in [0.25, 0.3) is 0 Å². The number of carbonyl (C=O) groups is 2. The van der Waals surface area contributed by atoms with Crippen LogP contribution in [0.5, 0.6) is 0 Å². The van der Waals surface area contributed by atoms with Crippen molar-refractivity contribution in [1.82, 2.24) is 9.88 Å². The molecule has 20 heavy (non-hydrogen) atoms. The van der Waals surface area contributed by atoms with Gasteiger partial charge in [-0.2, -0.15) is 0 Å². The Labute approximate surface area is 116 Å². The lowest BCUT2D eigenvalue weighted by Gasteiger charge is -2.35. The van der Waals surface area contributed by atoms with E-state index in [4.69, 9.17) is 5.11 Å². The molecule has 6 nitrogen and oxygen atoms in total. The number of piperidine rings is 1. The minimum absolute atomic E-state index is 0.0494. The average molecular weight is 278 g/mol. The first-order chi connectivity index (χ1) is 9.58. The van der Waals surface area contributed by atoms with E-state index in [1.807, 2.05) is 0 Å². The van der Waals surface area contributed by atoms with Crippen LogP contribution >= 0.6 is 0 Å². The molecule has 6 heteroatoms. The second-order valence-electron chi connectivity index (χ2n) is 5.02. The fourth-order valence-electron chi connectivity index (χ4n) is 2.60. The number of rotatable bonds is 4. The third-order valence-electron chi connectivity index (χ3n) is 3.60. The molecule has 0 saturated carbocycles. The molecule has 1 aliphatic heterocycles. The highest BCUT2D eigenvalue weighted by Gasteiger charge is 2.27. The number of nitrogens with one attached hydrogen (secondary N) is 1. The van der Waals surface area contributed by atoms with E-state index in [-0.39, 0.29) is 23.9 Å². The summed E-state index contributed by atoms with van der Waals surface area (Å²) in [5.41, 5.74) is 0.0471. The van der Waals surface area contributed by atoms with Crippen molar-refractivity contribution in [3.63, 3.8) is 0 Å². The van der Waals surface area contributed by atoms with Crippen molar-refractivity contribution in [1.29, 1.82) is 0 Å². The molecule has 1 saturated heterocycles. The molecule has 0 aliphatic carbocycles. The van der Waals surface area contributed by atoms with Gasteiger partial charge >= 0.3 is 5.97 Å². The van der Waals surface area contributed by atoms with E-state index in [9.17, 15) is 14.4 Å². The summed E-state index contributed by atoms with van der Waals surface area (Å²) in [6.45, 7) is 0.621. The minimum Gasteiger partial charge on any atom is -0.481 e. The van der Waals surface area contributed by atoms with E-state index in [1.165, 1.54) is 12.3 Å².